The highest BCUT2D eigenvalue weighted by atomic mass is 19.1. The fourth-order valence-corrected chi connectivity index (χ4v) is 3.08. The highest BCUT2D eigenvalue weighted by Gasteiger charge is 2.33. The van der Waals surface area contributed by atoms with Crippen LogP contribution in [-0.4, -0.2) is 16.8 Å². The Morgan fingerprint density at radius 1 is 0.821 bits per heavy atom. The van der Waals surface area contributed by atoms with E-state index in [1.54, 1.807) is 24.3 Å². The van der Waals surface area contributed by atoms with E-state index in [1.165, 1.54) is 6.07 Å². The van der Waals surface area contributed by atoms with Gasteiger partial charge < -0.3 is 5.32 Å². The number of imide groups is 1. The van der Waals surface area contributed by atoms with Crippen molar-refractivity contribution in [2.24, 2.45) is 0 Å². The van der Waals surface area contributed by atoms with Gasteiger partial charge in [-0.1, -0.05) is 72.8 Å². The van der Waals surface area contributed by atoms with Gasteiger partial charge in [0.15, 0.2) is 0 Å². The molecule has 0 saturated carbocycles. The van der Waals surface area contributed by atoms with Crippen molar-refractivity contribution in [2.75, 3.05) is 0 Å². The van der Waals surface area contributed by atoms with Crippen LogP contribution in [0.1, 0.15) is 11.1 Å². The van der Waals surface area contributed by atoms with Gasteiger partial charge in [0.25, 0.3) is 5.91 Å². The first-order chi connectivity index (χ1) is 13.6. The number of amides is 3. The summed E-state index contributed by atoms with van der Waals surface area (Å²) in [5, 5.41) is 2.56. The number of hydrogen-bond donors (Lipinski definition) is 1. The van der Waals surface area contributed by atoms with Crippen molar-refractivity contribution in [1.29, 1.82) is 0 Å². The molecule has 0 bridgehead atoms. The molecule has 0 unspecified atom stereocenters. The second-order valence-corrected chi connectivity index (χ2v) is 6.46. The summed E-state index contributed by atoms with van der Waals surface area (Å²) in [4.78, 5) is 25.7. The molecule has 0 aliphatic carbocycles. The number of nitrogens with one attached hydrogen (secondary N) is 1. The second kappa shape index (κ2) is 7.48. The largest absolute Gasteiger partial charge is 0.329 e. The summed E-state index contributed by atoms with van der Waals surface area (Å²) in [6.45, 7) is -0.109. The van der Waals surface area contributed by atoms with Crippen LogP contribution in [0.3, 0.4) is 0 Å². The molecule has 0 aromatic heterocycles. The van der Waals surface area contributed by atoms with E-state index in [1.807, 2.05) is 54.6 Å². The van der Waals surface area contributed by atoms with Gasteiger partial charge in [-0.3, -0.25) is 9.69 Å². The van der Waals surface area contributed by atoms with Gasteiger partial charge in [0.2, 0.25) is 0 Å². The number of urea groups is 1. The zero-order valence-corrected chi connectivity index (χ0v) is 14.9. The molecule has 3 aromatic rings. The molecular weight excluding hydrogens is 355 g/mol. The van der Waals surface area contributed by atoms with E-state index in [-0.39, 0.29) is 12.2 Å². The van der Waals surface area contributed by atoms with Crippen LogP contribution in [0.15, 0.2) is 84.6 Å². The van der Waals surface area contributed by atoms with Gasteiger partial charge in [0, 0.05) is 5.56 Å². The average molecular weight is 372 g/mol. The fraction of sp³-hybridized carbons (Fsp3) is 0.0435. The van der Waals surface area contributed by atoms with Gasteiger partial charge in [0.05, 0.1) is 6.54 Å². The maximum atomic E-state index is 13.8. The SMILES string of the molecule is O=C1NC(=Cc2ccc(-c3ccccc3)cc2)C(=O)N1Cc1ccccc1F. The minimum atomic E-state index is -0.555. The van der Waals surface area contributed by atoms with Crippen molar-refractivity contribution in [3.63, 3.8) is 0 Å². The van der Waals surface area contributed by atoms with Crippen molar-refractivity contribution in [2.45, 2.75) is 6.54 Å². The lowest BCUT2D eigenvalue weighted by Gasteiger charge is -2.12. The van der Waals surface area contributed by atoms with Crippen LogP contribution in [0.5, 0.6) is 0 Å². The molecule has 1 N–H and O–H groups in total. The van der Waals surface area contributed by atoms with Gasteiger partial charge in [-0.05, 0) is 28.8 Å². The fourth-order valence-electron chi connectivity index (χ4n) is 3.08. The van der Waals surface area contributed by atoms with E-state index in [0.717, 1.165) is 21.6 Å². The molecule has 28 heavy (non-hydrogen) atoms. The van der Waals surface area contributed by atoms with E-state index in [2.05, 4.69) is 5.32 Å². The summed E-state index contributed by atoms with van der Waals surface area (Å²) >= 11 is 0. The molecule has 0 atom stereocenters. The predicted octanol–water partition coefficient (Wildman–Crippen LogP) is 4.59. The molecule has 4 nitrogen and oxygen atoms in total. The molecule has 0 radical (unpaired) electrons. The minimum absolute atomic E-state index is 0.109. The summed E-state index contributed by atoms with van der Waals surface area (Å²) in [6, 6.07) is 23.2. The number of rotatable bonds is 4. The Balaban J connectivity index is 1.53. The lowest BCUT2D eigenvalue weighted by molar-refractivity contribution is -0.123. The van der Waals surface area contributed by atoms with Gasteiger partial charge in [-0.15, -0.1) is 0 Å². The standard InChI is InChI=1S/C23H17FN2O2/c24-20-9-5-4-8-19(20)15-26-22(27)21(25-23(26)28)14-16-10-12-18(13-11-16)17-6-2-1-3-7-17/h1-14H,15H2,(H,25,28). The molecular formula is C23H17FN2O2. The van der Waals surface area contributed by atoms with Crippen molar-refractivity contribution in [1.82, 2.24) is 10.2 Å². The summed E-state index contributed by atoms with van der Waals surface area (Å²) in [5.41, 5.74) is 3.41. The van der Waals surface area contributed by atoms with E-state index < -0.39 is 17.8 Å². The smallest absolute Gasteiger partial charge is 0.303 e. The summed E-state index contributed by atoms with van der Waals surface area (Å²) in [5.74, 6) is -0.919. The van der Waals surface area contributed by atoms with Crippen molar-refractivity contribution < 1.29 is 14.0 Å². The Labute approximate surface area is 161 Å². The monoisotopic (exact) mass is 372 g/mol. The zero-order valence-electron chi connectivity index (χ0n) is 14.9. The first-order valence-corrected chi connectivity index (χ1v) is 8.85. The zero-order chi connectivity index (χ0) is 19.5. The van der Waals surface area contributed by atoms with E-state index in [4.69, 9.17) is 0 Å². The number of benzene rings is 3. The Morgan fingerprint density at radius 3 is 2.18 bits per heavy atom. The lowest BCUT2D eigenvalue weighted by Crippen LogP contribution is -2.30. The molecule has 1 aliphatic rings. The van der Waals surface area contributed by atoms with Crippen LogP contribution in [0.25, 0.3) is 17.2 Å². The molecule has 1 heterocycles. The number of halogens is 1. The van der Waals surface area contributed by atoms with Crippen molar-refractivity contribution in [3.05, 3.63) is 102 Å². The molecule has 3 amide bonds. The predicted molar refractivity (Wildman–Crippen MR) is 105 cm³/mol. The Kier molecular flexibility index (Phi) is 4.72. The maximum Gasteiger partial charge on any atom is 0.329 e. The topological polar surface area (TPSA) is 49.4 Å². The lowest BCUT2D eigenvalue weighted by atomic mass is 10.0. The van der Waals surface area contributed by atoms with Crippen LogP contribution in [0.4, 0.5) is 9.18 Å². The van der Waals surface area contributed by atoms with Crippen LogP contribution in [0.2, 0.25) is 0 Å². The molecule has 0 spiro atoms. The summed E-state index contributed by atoms with van der Waals surface area (Å²) in [6.07, 6.45) is 1.62. The van der Waals surface area contributed by atoms with Gasteiger partial charge in [-0.2, -0.15) is 0 Å². The maximum absolute atomic E-state index is 13.8. The number of hydrogen-bond acceptors (Lipinski definition) is 2. The first-order valence-electron chi connectivity index (χ1n) is 8.85. The van der Waals surface area contributed by atoms with Crippen molar-refractivity contribution >= 4 is 18.0 Å². The summed E-state index contributed by atoms with van der Waals surface area (Å²) in [7, 11) is 0. The molecule has 138 valence electrons. The van der Waals surface area contributed by atoms with Gasteiger partial charge in [0.1, 0.15) is 11.5 Å². The third-order valence-electron chi connectivity index (χ3n) is 4.58. The molecule has 1 aliphatic heterocycles. The highest BCUT2D eigenvalue weighted by molar-refractivity contribution is 6.13. The van der Waals surface area contributed by atoms with E-state index in [9.17, 15) is 14.0 Å². The number of nitrogens with zero attached hydrogens (tertiary/aromatic N) is 1. The van der Waals surface area contributed by atoms with Gasteiger partial charge >= 0.3 is 6.03 Å². The quantitative estimate of drug-likeness (QED) is 0.538. The third kappa shape index (κ3) is 3.55. The van der Waals surface area contributed by atoms with Crippen LogP contribution < -0.4 is 5.32 Å². The normalized spacial score (nSPS) is 15.2. The van der Waals surface area contributed by atoms with Gasteiger partial charge in [-0.25, -0.2) is 9.18 Å². The first kappa shape index (κ1) is 17.7. The van der Waals surface area contributed by atoms with E-state index >= 15 is 0 Å². The highest BCUT2D eigenvalue weighted by Crippen LogP contribution is 2.22. The Bertz CT molecular complexity index is 1060. The molecule has 3 aromatic carbocycles. The Hall–Kier alpha value is -3.73. The molecule has 1 saturated heterocycles. The van der Waals surface area contributed by atoms with Crippen LogP contribution in [-0.2, 0) is 11.3 Å². The van der Waals surface area contributed by atoms with Crippen molar-refractivity contribution in [3.8, 4) is 11.1 Å². The average Bonchev–Trinajstić information content (AvgIpc) is 2.98. The number of carbonyl (C=O) groups excluding carboxylic acids is 2. The molecule has 4 rings (SSSR count). The third-order valence-corrected chi connectivity index (χ3v) is 4.58. The Morgan fingerprint density at radius 2 is 1.46 bits per heavy atom. The van der Waals surface area contributed by atoms with E-state index in [0.29, 0.717) is 5.56 Å². The summed E-state index contributed by atoms with van der Waals surface area (Å²) < 4.78 is 13.8. The second-order valence-electron chi connectivity index (χ2n) is 6.46. The minimum Gasteiger partial charge on any atom is -0.303 e. The molecule has 5 heteroatoms. The molecule has 1 fully saturated rings. The van der Waals surface area contributed by atoms with Crippen LogP contribution in [0, 0.1) is 5.82 Å². The van der Waals surface area contributed by atoms with Crippen LogP contribution >= 0.6 is 0 Å². The number of carbonyl (C=O) groups is 2.